The fraction of sp³-hybridized carbons (Fsp3) is 1.00. The number of hydrogen-bond acceptors (Lipinski definition) is 2. The largest absolute Gasteiger partial charge is 0.395 e. The zero-order valence-electron chi connectivity index (χ0n) is 4.86. The Balaban J connectivity index is 2.53. The predicted octanol–water partition coefficient (Wildman–Crippen LogP) is 0.353. The van der Waals surface area contributed by atoms with Crippen molar-refractivity contribution in [3.63, 3.8) is 0 Å². The van der Waals surface area contributed by atoms with Crippen LogP contribution in [0.3, 0.4) is 0 Å². The van der Waals surface area contributed by atoms with Crippen LogP contribution in [-0.4, -0.2) is 30.1 Å². The van der Waals surface area contributed by atoms with Gasteiger partial charge in [0.1, 0.15) is 0 Å². The molecule has 0 amide bonds. The molecule has 0 aliphatic rings. The van der Waals surface area contributed by atoms with Gasteiger partial charge >= 0.3 is 0 Å². The third-order valence-corrected chi connectivity index (χ3v) is 1.34. The fourth-order valence-corrected chi connectivity index (χ4v) is 0.676. The van der Waals surface area contributed by atoms with Gasteiger partial charge in [0.05, 0.1) is 6.61 Å². The summed E-state index contributed by atoms with van der Waals surface area (Å²) < 4.78 is 0. The maximum absolute atomic E-state index is 8.29. The molecular formula is C5H12BrNO. The Hall–Kier alpha value is 0.400. The number of nitrogens with one attached hydrogen (secondary N) is 1. The van der Waals surface area contributed by atoms with Crippen molar-refractivity contribution >= 4 is 15.9 Å². The van der Waals surface area contributed by atoms with Crippen LogP contribution in [0.2, 0.25) is 0 Å². The van der Waals surface area contributed by atoms with E-state index in [0.717, 1.165) is 18.3 Å². The quantitative estimate of drug-likeness (QED) is 0.475. The molecule has 0 saturated heterocycles. The van der Waals surface area contributed by atoms with E-state index in [2.05, 4.69) is 21.2 Å². The van der Waals surface area contributed by atoms with E-state index in [0.29, 0.717) is 6.54 Å². The van der Waals surface area contributed by atoms with E-state index in [1.807, 2.05) is 0 Å². The molecule has 0 fully saturated rings. The first kappa shape index (κ1) is 8.40. The molecule has 0 aromatic rings. The topological polar surface area (TPSA) is 32.3 Å². The van der Waals surface area contributed by atoms with Gasteiger partial charge in [0, 0.05) is 11.9 Å². The summed E-state index contributed by atoms with van der Waals surface area (Å²) in [5, 5.41) is 12.4. The summed E-state index contributed by atoms with van der Waals surface area (Å²) in [5.74, 6) is 0. The first-order valence-corrected chi connectivity index (χ1v) is 3.91. The van der Waals surface area contributed by atoms with Crippen molar-refractivity contribution < 1.29 is 5.11 Å². The third kappa shape index (κ3) is 6.40. The molecule has 0 heterocycles. The van der Waals surface area contributed by atoms with Gasteiger partial charge in [-0.1, -0.05) is 15.9 Å². The van der Waals surface area contributed by atoms with Crippen LogP contribution in [0, 0.1) is 0 Å². The van der Waals surface area contributed by atoms with Crippen LogP contribution in [0.5, 0.6) is 0 Å². The van der Waals surface area contributed by atoms with Crippen molar-refractivity contribution in [2.45, 2.75) is 6.42 Å². The number of hydrogen-bond donors (Lipinski definition) is 2. The van der Waals surface area contributed by atoms with Gasteiger partial charge in [-0.3, -0.25) is 0 Å². The third-order valence-electron chi connectivity index (χ3n) is 0.776. The van der Waals surface area contributed by atoms with Crippen molar-refractivity contribution in [2.75, 3.05) is 25.0 Å². The Labute approximate surface area is 58.4 Å². The lowest BCUT2D eigenvalue weighted by atomic mass is 10.5. The van der Waals surface area contributed by atoms with Gasteiger partial charge in [-0.25, -0.2) is 0 Å². The monoisotopic (exact) mass is 181 g/mol. The van der Waals surface area contributed by atoms with Crippen molar-refractivity contribution in [1.82, 2.24) is 5.32 Å². The molecule has 2 nitrogen and oxygen atoms in total. The molecule has 0 aliphatic carbocycles. The Morgan fingerprint density at radius 2 is 2.12 bits per heavy atom. The van der Waals surface area contributed by atoms with E-state index in [9.17, 15) is 0 Å². The first-order valence-electron chi connectivity index (χ1n) is 2.79. The van der Waals surface area contributed by atoms with Crippen molar-refractivity contribution in [3.05, 3.63) is 0 Å². The summed E-state index contributed by atoms with van der Waals surface area (Å²) in [5.41, 5.74) is 0. The molecule has 0 aromatic carbocycles. The average molecular weight is 182 g/mol. The molecule has 8 heavy (non-hydrogen) atoms. The van der Waals surface area contributed by atoms with Crippen LogP contribution in [0.15, 0.2) is 0 Å². The number of aliphatic hydroxyl groups is 1. The summed E-state index contributed by atoms with van der Waals surface area (Å²) in [6.07, 6.45) is 1.12. The van der Waals surface area contributed by atoms with Crippen LogP contribution < -0.4 is 5.32 Å². The second-order valence-corrected chi connectivity index (χ2v) is 2.31. The molecule has 2 N–H and O–H groups in total. The van der Waals surface area contributed by atoms with Gasteiger partial charge in [0.2, 0.25) is 0 Å². The van der Waals surface area contributed by atoms with Crippen LogP contribution in [0.1, 0.15) is 6.42 Å². The molecule has 0 atom stereocenters. The van der Waals surface area contributed by atoms with E-state index in [1.54, 1.807) is 0 Å². The summed E-state index contributed by atoms with van der Waals surface area (Å²) in [6.45, 7) is 1.95. The zero-order valence-corrected chi connectivity index (χ0v) is 6.45. The van der Waals surface area contributed by atoms with Gasteiger partial charge in [-0.2, -0.15) is 0 Å². The molecule has 0 aromatic heterocycles. The second-order valence-electron chi connectivity index (χ2n) is 1.52. The Morgan fingerprint density at radius 1 is 1.38 bits per heavy atom. The van der Waals surface area contributed by atoms with Crippen molar-refractivity contribution in [3.8, 4) is 0 Å². The predicted molar refractivity (Wildman–Crippen MR) is 38.4 cm³/mol. The lowest BCUT2D eigenvalue weighted by Gasteiger charge is -1.97. The molecule has 0 radical (unpaired) electrons. The highest BCUT2D eigenvalue weighted by Gasteiger charge is 1.81. The minimum absolute atomic E-state index is 0.238. The number of alkyl halides is 1. The van der Waals surface area contributed by atoms with E-state index in [-0.39, 0.29) is 6.61 Å². The summed E-state index contributed by atoms with van der Waals surface area (Å²) in [6, 6.07) is 0. The standard InChI is InChI=1S/C5H12BrNO/c6-2-1-3-7-4-5-8/h7-8H,1-5H2. The highest BCUT2D eigenvalue weighted by atomic mass is 79.9. The second kappa shape index (κ2) is 7.40. The smallest absolute Gasteiger partial charge is 0.0555 e. The van der Waals surface area contributed by atoms with Crippen LogP contribution in [0.4, 0.5) is 0 Å². The average Bonchev–Trinajstić information content (AvgIpc) is 1.81. The molecule has 0 bridgehead atoms. The molecule has 0 unspecified atom stereocenters. The summed E-state index contributed by atoms with van der Waals surface area (Å²) in [7, 11) is 0. The number of aliphatic hydroxyl groups excluding tert-OH is 1. The molecule has 50 valence electrons. The van der Waals surface area contributed by atoms with Gasteiger partial charge < -0.3 is 10.4 Å². The van der Waals surface area contributed by atoms with E-state index >= 15 is 0 Å². The van der Waals surface area contributed by atoms with Gasteiger partial charge in [-0.15, -0.1) is 0 Å². The summed E-state index contributed by atoms with van der Waals surface area (Å²) in [4.78, 5) is 0. The Morgan fingerprint density at radius 3 is 2.62 bits per heavy atom. The van der Waals surface area contributed by atoms with Gasteiger partial charge in [-0.05, 0) is 13.0 Å². The summed E-state index contributed by atoms with van der Waals surface area (Å²) >= 11 is 3.30. The molecular weight excluding hydrogens is 170 g/mol. The Kier molecular flexibility index (Phi) is 7.77. The highest BCUT2D eigenvalue weighted by Crippen LogP contribution is 1.83. The molecule has 3 heteroatoms. The van der Waals surface area contributed by atoms with Crippen LogP contribution >= 0.6 is 15.9 Å². The normalized spacial score (nSPS) is 9.75. The van der Waals surface area contributed by atoms with Crippen molar-refractivity contribution in [1.29, 1.82) is 0 Å². The molecule has 0 rings (SSSR count). The van der Waals surface area contributed by atoms with Crippen molar-refractivity contribution in [2.24, 2.45) is 0 Å². The zero-order chi connectivity index (χ0) is 6.24. The number of halogens is 1. The Bertz CT molecular complexity index is 37.4. The highest BCUT2D eigenvalue weighted by molar-refractivity contribution is 9.09. The maximum Gasteiger partial charge on any atom is 0.0555 e. The SMILES string of the molecule is OCCNCCCBr. The maximum atomic E-state index is 8.29. The molecule has 0 saturated carbocycles. The van der Waals surface area contributed by atoms with Crippen LogP contribution in [0.25, 0.3) is 0 Å². The lowest BCUT2D eigenvalue weighted by molar-refractivity contribution is 0.292. The van der Waals surface area contributed by atoms with Gasteiger partial charge in [0.15, 0.2) is 0 Å². The fourth-order valence-electron chi connectivity index (χ4n) is 0.396. The molecule has 0 spiro atoms. The van der Waals surface area contributed by atoms with E-state index in [4.69, 9.17) is 5.11 Å². The van der Waals surface area contributed by atoms with E-state index < -0.39 is 0 Å². The van der Waals surface area contributed by atoms with Gasteiger partial charge in [0.25, 0.3) is 0 Å². The van der Waals surface area contributed by atoms with Crippen LogP contribution in [-0.2, 0) is 0 Å². The number of rotatable bonds is 5. The molecule has 0 aliphatic heterocycles. The van der Waals surface area contributed by atoms with E-state index in [1.165, 1.54) is 0 Å². The first-order chi connectivity index (χ1) is 3.91. The minimum atomic E-state index is 0.238. The minimum Gasteiger partial charge on any atom is -0.395 e. The lowest BCUT2D eigenvalue weighted by Crippen LogP contribution is -2.19.